The highest BCUT2D eigenvalue weighted by Gasteiger charge is 2.42. The van der Waals surface area contributed by atoms with Gasteiger partial charge in [0, 0.05) is 11.8 Å². The summed E-state index contributed by atoms with van der Waals surface area (Å²) in [5.74, 6) is -0.307. The molecule has 3 amide bonds. The number of halogens is 1. The molecule has 1 heterocycles. The van der Waals surface area contributed by atoms with E-state index in [1.807, 2.05) is 18.2 Å². The van der Waals surface area contributed by atoms with Gasteiger partial charge in [0.15, 0.2) is 0 Å². The van der Waals surface area contributed by atoms with Gasteiger partial charge in [-0.25, -0.2) is 9.18 Å². The highest BCUT2D eigenvalue weighted by atomic mass is 19.1. The molecular formula is C18H17FN2O3. The molecule has 0 saturated carbocycles. The van der Waals surface area contributed by atoms with Crippen LogP contribution in [0.3, 0.4) is 0 Å². The first kappa shape index (κ1) is 16.0. The van der Waals surface area contributed by atoms with Crippen LogP contribution >= 0.6 is 0 Å². The van der Waals surface area contributed by atoms with Gasteiger partial charge in [-0.15, -0.1) is 0 Å². The smallest absolute Gasteiger partial charge is 0.332 e. The molecule has 0 aromatic heterocycles. The molecule has 5 nitrogen and oxygen atoms in total. The predicted molar refractivity (Wildman–Crippen MR) is 87.4 cm³/mol. The lowest BCUT2D eigenvalue weighted by molar-refractivity contribution is -0.127. The Morgan fingerprint density at radius 1 is 1.08 bits per heavy atom. The van der Waals surface area contributed by atoms with Gasteiger partial charge in [0.25, 0.3) is 5.91 Å². The normalized spacial score (nSPS) is 17.5. The average molecular weight is 328 g/mol. The zero-order chi connectivity index (χ0) is 17.1. The van der Waals surface area contributed by atoms with Gasteiger partial charge in [0.1, 0.15) is 24.2 Å². The van der Waals surface area contributed by atoms with Crippen LogP contribution in [-0.2, 0) is 4.79 Å². The van der Waals surface area contributed by atoms with Crippen molar-refractivity contribution in [1.29, 1.82) is 0 Å². The molecule has 0 bridgehead atoms. The number of anilines is 1. The van der Waals surface area contributed by atoms with E-state index in [0.29, 0.717) is 11.4 Å². The van der Waals surface area contributed by atoms with E-state index in [-0.39, 0.29) is 25.1 Å². The van der Waals surface area contributed by atoms with Gasteiger partial charge in [-0.3, -0.25) is 14.6 Å². The first-order valence-corrected chi connectivity index (χ1v) is 7.66. The minimum Gasteiger partial charge on any atom is -0.492 e. The third-order valence-corrected chi connectivity index (χ3v) is 3.86. The number of imide groups is 1. The van der Waals surface area contributed by atoms with E-state index >= 15 is 0 Å². The predicted octanol–water partition coefficient (Wildman–Crippen LogP) is 3.06. The number of benzene rings is 2. The van der Waals surface area contributed by atoms with Crippen molar-refractivity contribution in [2.45, 2.75) is 13.0 Å². The quantitative estimate of drug-likeness (QED) is 0.793. The van der Waals surface area contributed by atoms with Crippen LogP contribution in [0.15, 0.2) is 54.6 Å². The number of carbonyl (C=O) groups excluding carboxylic acids is 2. The summed E-state index contributed by atoms with van der Waals surface area (Å²) in [6, 6.07) is 13.9. The molecule has 1 unspecified atom stereocenters. The Kier molecular flexibility index (Phi) is 4.46. The van der Waals surface area contributed by atoms with Crippen LogP contribution in [0.2, 0.25) is 0 Å². The van der Waals surface area contributed by atoms with E-state index in [2.05, 4.69) is 0 Å². The van der Waals surface area contributed by atoms with Crippen LogP contribution in [0, 0.1) is 5.82 Å². The lowest BCUT2D eigenvalue weighted by atomic mass is 10.2. The summed E-state index contributed by atoms with van der Waals surface area (Å²) in [6.45, 7) is 1.92. The Morgan fingerprint density at radius 2 is 1.83 bits per heavy atom. The second kappa shape index (κ2) is 6.70. The molecule has 0 aliphatic carbocycles. The van der Waals surface area contributed by atoms with E-state index in [0.717, 1.165) is 4.90 Å². The van der Waals surface area contributed by atoms with Crippen LogP contribution in [0.1, 0.15) is 6.92 Å². The van der Waals surface area contributed by atoms with Gasteiger partial charge in [0.2, 0.25) is 0 Å². The SMILES string of the molecule is CC1C(=O)N(CCOc2cccc(F)c2)C(=O)N1c1ccccc1. The monoisotopic (exact) mass is 328 g/mol. The van der Waals surface area contributed by atoms with E-state index in [4.69, 9.17) is 4.74 Å². The fraction of sp³-hybridized carbons (Fsp3) is 0.222. The van der Waals surface area contributed by atoms with Crippen LogP contribution < -0.4 is 9.64 Å². The van der Waals surface area contributed by atoms with E-state index < -0.39 is 11.9 Å². The van der Waals surface area contributed by atoms with Crippen molar-refractivity contribution in [3.05, 3.63) is 60.4 Å². The summed E-state index contributed by atoms with van der Waals surface area (Å²) in [7, 11) is 0. The minimum atomic E-state index is -0.561. The molecule has 1 fully saturated rings. The first-order valence-electron chi connectivity index (χ1n) is 7.66. The summed E-state index contributed by atoms with van der Waals surface area (Å²) >= 11 is 0. The zero-order valence-electron chi connectivity index (χ0n) is 13.2. The maximum absolute atomic E-state index is 13.1. The van der Waals surface area contributed by atoms with Crippen molar-refractivity contribution in [3.8, 4) is 5.75 Å². The van der Waals surface area contributed by atoms with E-state index in [1.54, 1.807) is 25.1 Å². The standard InChI is InChI=1S/C18H17FN2O3/c1-13-17(22)20(10-11-24-16-9-5-6-14(19)12-16)18(23)21(13)15-7-3-2-4-8-15/h2-9,12-13H,10-11H2,1H3. The molecule has 1 aliphatic rings. The van der Waals surface area contributed by atoms with Gasteiger partial charge in [0.05, 0.1) is 6.54 Å². The van der Waals surface area contributed by atoms with Gasteiger partial charge < -0.3 is 4.74 Å². The number of hydrogen-bond acceptors (Lipinski definition) is 3. The maximum atomic E-state index is 13.1. The number of carbonyl (C=O) groups is 2. The summed E-state index contributed by atoms with van der Waals surface area (Å²) in [5, 5.41) is 0. The molecule has 24 heavy (non-hydrogen) atoms. The van der Waals surface area contributed by atoms with Crippen LogP contribution in [0.25, 0.3) is 0 Å². The Hall–Kier alpha value is -2.89. The van der Waals surface area contributed by atoms with Crippen LogP contribution in [0.5, 0.6) is 5.75 Å². The molecule has 3 rings (SSSR count). The lowest BCUT2D eigenvalue weighted by Crippen LogP contribution is -2.36. The number of amides is 3. The number of urea groups is 1. The molecule has 0 spiro atoms. The van der Waals surface area contributed by atoms with E-state index in [9.17, 15) is 14.0 Å². The van der Waals surface area contributed by atoms with Crippen LogP contribution in [-0.4, -0.2) is 36.0 Å². The largest absolute Gasteiger partial charge is 0.492 e. The molecule has 6 heteroatoms. The molecule has 124 valence electrons. The molecule has 1 atom stereocenters. The summed E-state index contributed by atoms with van der Waals surface area (Å²) in [6.07, 6.45) is 0. The third-order valence-electron chi connectivity index (χ3n) is 3.86. The van der Waals surface area contributed by atoms with Gasteiger partial charge >= 0.3 is 6.03 Å². The summed E-state index contributed by atoms with van der Waals surface area (Å²) in [5.41, 5.74) is 0.678. The van der Waals surface area contributed by atoms with Crippen molar-refractivity contribution in [1.82, 2.24) is 4.90 Å². The number of nitrogens with zero attached hydrogens (tertiary/aromatic N) is 2. The van der Waals surface area contributed by atoms with Crippen molar-refractivity contribution in [2.75, 3.05) is 18.1 Å². The second-order valence-corrected chi connectivity index (χ2v) is 5.46. The fourth-order valence-electron chi connectivity index (χ4n) is 2.67. The maximum Gasteiger partial charge on any atom is 0.332 e. The molecular weight excluding hydrogens is 311 g/mol. The molecule has 0 N–H and O–H groups in total. The molecule has 2 aromatic rings. The fourth-order valence-corrected chi connectivity index (χ4v) is 2.67. The number of para-hydroxylation sites is 1. The van der Waals surface area contributed by atoms with Crippen molar-refractivity contribution >= 4 is 17.6 Å². The second-order valence-electron chi connectivity index (χ2n) is 5.46. The first-order chi connectivity index (χ1) is 11.6. The highest BCUT2D eigenvalue weighted by Crippen LogP contribution is 2.25. The number of hydrogen-bond donors (Lipinski definition) is 0. The number of rotatable bonds is 5. The van der Waals surface area contributed by atoms with Crippen molar-refractivity contribution < 1.29 is 18.7 Å². The van der Waals surface area contributed by atoms with Gasteiger partial charge in [-0.05, 0) is 31.2 Å². The minimum absolute atomic E-state index is 0.107. The zero-order valence-corrected chi connectivity index (χ0v) is 13.2. The lowest BCUT2D eigenvalue weighted by Gasteiger charge is -2.19. The Labute approximate surface area is 139 Å². The highest BCUT2D eigenvalue weighted by molar-refractivity contribution is 6.14. The van der Waals surface area contributed by atoms with Gasteiger partial charge in [-0.2, -0.15) is 0 Å². The van der Waals surface area contributed by atoms with E-state index in [1.165, 1.54) is 23.1 Å². The third kappa shape index (κ3) is 3.08. The summed E-state index contributed by atoms with van der Waals surface area (Å²) < 4.78 is 18.5. The molecule has 2 aromatic carbocycles. The summed E-state index contributed by atoms with van der Waals surface area (Å²) in [4.78, 5) is 27.5. The molecule has 0 radical (unpaired) electrons. The molecule has 1 aliphatic heterocycles. The van der Waals surface area contributed by atoms with Gasteiger partial charge in [-0.1, -0.05) is 24.3 Å². The topological polar surface area (TPSA) is 49.9 Å². The Balaban J connectivity index is 1.66. The van der Waals surface area contributed by atoms with Crippen molar-refractivity contribution in [3.63, 3.8) is 0 Å². The average Bonchev–Trinajstić information content (AvgIpc) is 2.79. The van der Waals surface area contributed by atoms with Crippen LogP contribution in [0.4, 0.5) is 14.9 Å². The molecule has 1 saturated heterocycles. The Bertz CT molecular complexity index is 751. The number of ether oxygens (including phenoxy) is 1. The van der Waals surface area contributed by atoms with Crippen molar-refractivity contribution in [2.24, 2.45) is 0 Å². The Morgan fingerprint density at radius 3 is 2.54 bits per heavy atom.